The third-order valence-electron chi connectivity index (χ3n) is 4.29. The number of nitriles is 1. The molecule has 1 fully saturated rings. The number of rotatable bonds is 2. The topological polar surface area (TPSA) is 88.9 Å². The summed E-state index contributed by atoms with van der Waals surface area (Å²) >= 11 is 0. The Morgan fingerprint density at radius 3 is 2.78 bits per heavy atom. The molecule has 1 aliphatic rings. The van der Waals surface area contributed by atoms with Crippen LogP contribution in [0.15, 0.2) is 42.9 Å². The Morgan fingerprint density at radius 2 is 2.07 bits per heavy atom. The number of pyridine rings is 1. The number of amides is 2. The molecule has 0 spiro atoms. The van der Waals surface area contributed by atoms with Gasteiger partial charge < -0.3 is 4.98 Å². The van der Waals surface area contributed by atoms with E-state index >= 15 is 0 Å². The monoisotopic (exact) mass is 372 g/mol. The van der Waals surface area contributed by atoms with Crippen LogP contribution in [0.2, 0.25) is 0 Å². The third-order valence-corrected chi connectivity index (χ3v) is 4.29. The SMILES string of the molecule is N#C[C@H]1CN(c2ncc(C(F)(F)F)[nH]2)C(=O)N1c1cccc2cnccc12. The number of fused-ring (bicyclic) bond motifs is 1. The molecule has 0 aliphatic carbocycles. The van der Waals surface area contributed by atoms with Crippen LogP contribution in [0, 0.1) is 11.3 Å². The predicted octanol–water partition coefficient (Wildman–Crippen LogP) is 3.32. The molecule has 2 amide bonds. The second kappa shape index (κ2) is 5.98. The number of carbonyl (C=O) groups is 1. The molecule has 1 atom stereocenters. The highest BCUT2D eigenvalue weighted by atomic mass is 19.4. The van der Waals surface area contributed by atoms with E-state index in [0.717, 1.165) is 10.3 Å². The number of imidazole rings is 1. The molecule has 7 nitrogen and oxygen atoms in total. The summed E-state index contributed by atoms with van der Waals surface area (Å²) in [7, 11) is 0. The van der Waals surface area contributed by atoms with E-state index in [-0.39, 0.29) is 12.5 Å². The zero-order chi connectivity index (χ0) is 19.2. The van der Waals surface area contributed by atoms with E-state index in [0.29, 0.717) is 17.3 Å². The van der Waals surface area contributed by atoms with Crippen molar-refractivity contribution in [2.24, 2.45) is 0 Å². The average Bonchev–Trinajstić information content (AvgIpc) is 3.25. The van der Waals surface area contributed by atoms with Gasteiger partial charge in [-0.15, -0.1) is 0 Å². The standard InChI is InChI=1S/C17H11F3N6O/c18-17(19,20)14-8-23-15(24-14)25-9-11(6-21)26(16(25)27)13-3-1-2-10-7-22-5-4-12(10)13/h1-5,7-8,11H,9H2,(H,23,24)/t11-/m0/s1. The van der Waals surface area contributed by atoms with Gasteiger partial charge in [-0.3, -0.25) is 14.8 Å². The predicted molar refractivity (Wildman–Crippen MR) is 90.0 cm³/mol. The molecule has 2 aromatic heterocycles. The van der Waals surface area contributed by atoms with Gasteiger partial charge in [0.15, 0.2) is 0 Å². The van der Waals surface area contributed by atoms with Crippen LogP contribution in [0.4, 0.5) is 29.6 Å². The minimum atomic E-state index is -4.61. The number of aromatic amines is 1. The number of hydrogen-bond donors (Lipinski definition) is 1. The van der Waals surface area contributed by atoms with Crippen LogP contribution in [0.3, 0.4) is 0 Å². The van der Waals surface area contributed by atoms with Crippen molar-refractivity contribution in [1.82, 2.24) is 15.0 Å². The van der Waals surface area contributed by atoms with E-state index in [9.17, 15) is 23.2 Å². The Bertz CT molecular complexity index is 1060. The summed E-state index contributed by atoms with van der Waals surface area (Å²) in [6.45, 7) is -0.110. The van der Waals surface area contributed by atoms with Gasteiger partial charge in [-0.05, 0) is 12.1 Å². The molecule has 3 aromatic rings. The molecule has 1 saturated heterocycles. The molecular weight excluding hydrogens is 361 g/mol. The Balaban J connectivity index is 1.75. The first-order valence-corrected chi connectivity index (χ1v) is 7.85. The highest BCUT2D eigenvalue weighted by molar-refractivity contribution is 6.11. The number of hydrogen-bond acceptors (Lipinski definition) is 4. The molecule has 1 aliphatic heterocycles. The van der Waals surface area contributed by atoms with Crippen molar-refractivity contribution in [1.29, 1.82) is 5.26 Å². The molecule has 3 heterocycles. The summed E-state index contributed by atoms with van der Waals surface area (Å²) in [5.74, 6) is -0.253. The molecule has 1 N–H and O–H groups in total. The lowest BCUT2D eigenvalue weighted by molar-refractivity contribution is -0.140. The first-order valence-electron chi connectivity index (χ1n) is 7.85. The quantitative estimate of drug-likeness (QED) is 0.747. The van der Waals surface area contributed by atoms with Gasteiger partial charge in [0.25, 0.3) is 0 Å². The highest BCUT2D eigenvalue weighted by Crippen LogP contribution is 2.34. The van der Waals surface area contributed by atoms with E-state index in [1.165, 1.54) is 4.90 Å². The molecule has 4 rings (SSSR count). The smallest absolute Gasteiger partial charge is 0.320 e. The number of urea groups is 1. The van der Waals surface area contributed by atoms with E-state index < -0.39 is 23.9 Å². The fourth-order valence-corrected chi connectivity index (χ4v) is 3.05. The van der Waals surface area contributed by atoms with Gasteiger partial charge in [0.2, 0.25) is 5.95 Å². The fourth-order valence-electron chi connectivity index (χ4n) is 3.05. The molecule has 0 bridgehead atoms. The molecule has 27 heavy (non-hydrogen) atoms. The Hall–Kier alpha value is -3.61. The number of carbonyl (C=O) groups excluding carboxylic acids is 1. The summed E-state index contributed by atoms with van der Waals surface area (Å²) in [6, 6.07) is 7.44. The van der Waals surface area contributed by atoms with Crippen LogP contribution < -0.4 is 9.80 Å². The van der Waals surface area contributed by atoms with Gasteiger partial charge in [-0.2, -0.15) is 18.4 Å². The van der Waals surface area contributed by atoms with E-state index in [1.807, 2.05) is 12.1 Å². The molecule has 0 radical (unpaired) electrons. The van der Waals surface area contributed by atoms with Crippen LogP contribution in [0.25, 0.3) is 10.8 Å². The van der Waals surface area contributed by atoms with Crippen LogP contribution in [-0.2, 0) is 6.18 Å². The minimum Gasteiger partial charge on any atom is -0.320 e. The van der Waals surface area contributed by atoms with Gasteiger partial charge in [0.05, 0.1) is 24.5 Å². The summed E-state index contributed by atoms with van der Waals surface area (Å²) in [6.07, 6.45) is -0.796. The van der Waals surface area contributed by atoms with Crippen molar-refractivity contribution < 1.29 is 18.0 Å². The number of aromatic nitrogens is 3. The van der Waals surface area contributed by atoms with E-state index in [4.69, 9.17) is 0 Å². The van der Waals surface area contributed by atoms with Gasteiger partial charge in [0.1, 0.15) is 11.7 Å². The first kappa shape index (κ1) is 16.8. The lowest BCUT2D eigenvalue weighted by Gasteiger charge is -2.20. The maximum Gasteiger partial charge on any atom is 0.432 e. The van der Waals surface area contributed by atoms with Crippen molar-refractivity contribution in [2.45, 2.75) is 12.2 Å². The Morgan fingerprint density at radius 1 is 1.26 bits per heavy atom. The summed E-state index contributed by atoms with van der Waals surface area (Å²) in [5.41, 5.74) is -0.579. The molecule has 0 saturated carbocycles. The summed E-state index contributed by atoms with van der Waals surface area (Å²) in [5, 5.41) is 11.0. The molecule has 136 valence electrons. The maximum atomic E-state index is 12.9. The molecule has 10 heteroatoms. The summed E-state index contributed by atoms with van der Waals surface area (Å²) < 4.78 is 38.4. The lowest BCUT2D eigenvalue weighted by Crippen LogP contribution is -2.34. The maximum absolute atomic E-state index is 12.9. The van der Waals surface area contributed by atoms with E-state index in [1.54, 1.807) is 30.6 Å². The van der Waals surface area contributed by atoms with Crippen molar-refractivity contribution in [3.8, 4) is 6.07 Å². The van der Waals surface area contributed by atoms with Crippen LogP contribution >= 0.6 is 0 Å². The minimum absolute atomic E-state index is 0.110. The largest absolute Gasteiger partial charge is 0.432 e. The van der Waals surface area contributed by atoms with Crippen molar-refractivity contribution in [3.05, 3.63) is 48.5 Å². The Labute approximate surface area is 150 Å². The number of halogens is 3. The highest BCUT2D eigenvalue weighted by Gasteiger charge is 2.42. The van der Waals surface area contributed by atoms with Crippen LogP contribution in [0.1, 0.15) is 5.69 Å². The number of nitrogens with one attached hydrogen (secondary N) is 1. The third kappa shape index (κ3) is 2.73. The zero-order valence-corrected chi connectivity index (χ0v) is 13.6. The number of benzene rings is 1. The number of alkyl halides is 3. The van der Waals surface area contributed by atoms with Gasteiger partial charge in [0, 0.05) is 23.2 Å². The van der Waals surface area contributed by atoms with E-state index in [2.05, 4.69) is 15.0 Å². The van der Waals surface area contributed by atoms with Crippen molar-refractivity contribution >= 4 is 28.4 Å². The zero-order valence-electron chi connectivity index (χ0n) is 13.6. The van der Waals surface area contributed by atoms with Crippen molar-refractivity contribution in [2.75, 3.05) is 16.3 Å². The number of anilines is 2. The molecule has 0 unspecified atom stereocenters. The molecular formula is C17H11F3N6O. The second-order valence-corrected chi connectivity index (χ2v) is 5.90. The van der Waals surface area contributed by atoms with Gasteiger partial charge in [-0.1, -0.05) is 12.1 Å². The van der Waals surface area contributed by atoms with Gasteiger partial charge >= 0.3 is 12.2 Å². The van der Waals surface area contributed by atoms with Crippen molar-refractivity contribution in [3.63, 3.8) is 0 Å². The normalized spacial score (nSPS) is 17.6. The molecule has 1 aromatic carbocycles. The lowest BCUT2D eigenvalue weighted by atomic mass is 10.1. The second-order valence-electron chi connectivity index (χ2n) is 5.90. The average molecular weight is 372 g/mol. The number of H-pyrrole nitrogens is 1. The van der Waals surface area contributed by atoms with Gasteiger partial charge in [-0.25, -0.2) is 9.78 Å². The van der Waals surface area contributed by atoms with Crippen LogP contribution in [0.5, 0.6) is 0 Å². The first-order chi connectivity index (χ1) is 12.9. The number of nitrogens with zero attached hydrogens (tertiary/aromatic N) is 5. The Kier molecular flexibility index (Phi) is 3.73. The van der Waals surface area contributed by atoms with Crippen LogP contribution in [-0.4, -0.2) is 33.6 Å². The summed E-state index contributed by atoms with van der Waals surface area (Å²) in [4.78, 5) is 25.0. The fraction of sp³-hybridized carbons (Fsp3) is 0.176.